The first-order chi connectivity index (χ1) is 13.6. The average molecular weight is 384 g/mol. The van der Waals surface area contributed by atoms with E-state index < -0.39 is 12.1 Å². The Hall–Kier alpha value is -1.70. The molecule has 1 aromatic carbocycles. The maximum atomic E-state index is 6.21. The van der Waals surface area contributed by atoms with Crippen LogP contribution in [0.4, 0.5) is 0 Å². The standard InChI is InChI=1S/C22H28N2O4/c1-13-17-10-15(11-22(26-3)19(17)21(25-2)27-20(13)28-22)23-9-8-14-12-24-18-7-5-4-6-16(14)18/h4-7,12,15,17,19-21,23-24H,1,8-11H2,2-3H3/t15-,17-,19+,20?,21+,22+/m0/s1. The Balaban J connectivity index is 1.28. The highest BCUT2D eigenvalue weighted by molar-refractivity contribution is 5.83. The van der Waals surface area contributed by atoms with E-state index in [1.165, 1.54) is 16.5 Å². The number of aromatic nitrogens is 1. The second-order valence-electron chi connectivity index (χ2n) is 8.11. The summed E-state index contributed by atoms with van der Waals surface area (Å²) in [5.74, 6) is -0.380. The van der Waals surface area contributed by atoms with Gasteiger partial charge >= 0.3 is 0 Å². The van der Waals surface area contributed by atoms with Gasteiger partial charge in [-0.3, -0.25) is 0 Å². The van der Waals surface area contributed by atoms with Crippen LogP contribution in [-0.2, 0) is 25.4 Å². The molecule has 6 atom stereocenters. The Morgan fingerprint density at radius 1 is 1.32 bits per heavy atom. The van der Waals surface area contributed by atoms with Crippen LogP contribution in [0.25, 0.3) is 10.9 Å². The minimum Gasteiger partial charge on any atom is -0.361 e. The molecule has 28 heavy (non-hydrogen) atoms. The summed E-state index contributed by atoms with van der Waals surface area (Å²) < 4.78 is 23.6. The molecule has 4 fully saturated rings. The first-order valence-electron chi connectivity index (χ1n) is 10.0. The number of aromatic amines is 1. The first-order valence-corrected chi connectivity index (χ1v) is 10.0. The van der Waals surface area contributed by atoms with Crippen molar-refractivity contribution in [3.05, 3.63) is 48.2 Å². The molecule has 1 aromatic heterocycles. The molecule has 6 nitrogen and oxygen atoms in total. The van der Waals surface area contributed by atoms with Gasteiger partial charge in [-0.1, -0.05) is 24.8 Å². The van der Waals surface area contributed by atoms with E-state index in [1.807, 2.05) is 0 Å². The molecule has 1 aliphatic carbocycles. The molecule has 3 aliphatic heterocycles. The van der Waals surface area contributed by atoms with Crippen LogP contribution in [0.2, 0.25) is 0 Å². The number of fused-ring (bicyclic) bond motifs is 2. The smallest absolute Gasteiger partial charge is 0.186 e. The largest absolute Gasteiger partial charge is 0.361 e. The summed E-state index contributed by atoms with van der Waals surface area (Å²) in [6.45, 7) is 5.15. The van der Waals surface area contributed by atoms with Crippen LogP contribution in [0.1, 0.15) is 18.4 Å². The first kappa shape index (κ1) is 18.3. The van der Waals surface area contributed by atoms with Crippen LogP contribution < -0.4 is 5.32 Å². The second-order valence-corrected chi connectivity index (χ2v) is 8.11. The van der Waals surface area contributed by atoms with Crippen molar-refractivity contribution in [3.63, 3.8) is 0 Å². The van der Waals surface area contributed by atoms with Gasteiger partial charge in [0.1, 0.15) is 0 Å². The van der Waals surface area contributed by atoms with Crippen LogP contribution in [-0.4, -0.2) is 50.2 Å². The second kappa shape index (κ2) is 6.97. The zero-order valence-electron chi connectivity index (χ0n) is 16.4. The van der Waals surface area contributed by atoms with E-state index in [4.69, 9.17) is 18.9 Å². The van der Waals surface area contributed by atoms with Gasteiger partial charge in [-0.2, -0.15) is 0 Å². The zero-order valence-corrected chi connectivity index (χ0v) is 16.4. The Morgan fingerprint density at radius 3 is 3.00 bits per heavy atom. The van der Waals surface area contributed by atoms with E-state index in [-0.39, 0.29) is 18.1 Å². The lowest BCUT2D eigenvalue weighted by atomic mass is 9.66. The maximum Gasteiger partial charge on any atom is 0.186 e. The van der Waals surface area contributed by atoms with Gasteiger partial charge in [0, 0.05) is 43.8 Å². The minimum atomic E-state index is -0.674. The highest BCUT2D eigenvalue weighted by Crippen LogP contribution is 2.56. The van der Waals surface area contributed by atoms with Crippen LogP contribution in [0.15, 0.2) is 42.6 Å². The summed E-state index contributed by atoms with van der Waals surface area (Å²) >= 11 is 0. The van der Waals surface area contributed by atoms with E-state index in [0.717, 1.165) is 31.4 Å². The van der Waals surface area contributed by atoms with Crippen molar-refractivity contribution in [3.8, 4) is 0 Å². The van der Waals surface area contributed by atoms with Crippen molar-refractivity contribution in [2.24, 2.45) is 11.8 Å². The van der Waals surface area contributed by atoms with Gasteiger partial charge in [-0.25, -0.2) is 0 Å². The molecule has 0 amide bonds. The normalized spacial score (nSPS) is 36.9. The van der Waals surface area contributed by atoms with Crippen LogP contribution >= 0.6 is 0 Å². The fourth-order valence-electron chi connectivity index (χ4n) is 5.36. The molecular formula is C22H28N2O4. The van der Waals surface area contributed by atoms with Gasteiger partial charge < -0.3 is 29.2 Å². The average Bonchev–Trinajstić information content (AvgIpc) is 3.14. The number of hydrogen-bond acceptors (Lipinski definition) is 5. The molecule has 4 heterocycles. The number of hydrogen-bond donors (Lipinski definition) is 2. The van der Waals surface area contributed by atoms with Crippen LogP contribution in [0, 0.1) is 11.8 Å². The van der Waals surface area contributed by atoms with Crippen molar-refractivity contribution < 1.29 is 18.9 Å². The number of nitrogens with one attached hydrogen (secondary N) is 2. The maximum absolute atomic E-state index is 6.21. The third-order valence-electron chi connectivity index (χ3n) is 6.73. The fraction of sp³-hybridized carbons (Fsp3) is 0.545. The molecule has 3 saturated heterocycles. The Kier molecular flexibility index (Phi) is 4.56. The third-order valence-corrected chi connectivity index (χ3v) is 6.73. The zero-order chi connectivity index (χ0) is 19.3. The van der Waals surface area contributed by atoms with Crippen molar-refractivity contribution in [1.82, 2.24) is 10.3 Å². The quantitative estimate of drug-likeness (QED) is 0.750. The Labute approximate surface area is 165 Å². The number of H-pyrrole nitrogens is 1. The molecular weight excluding hydrogens is 356 g/mol. The van der Waals surface area contributed by atoms with Gasteiger partial charge in [0.05, 0.1) is 5.92 Å². The third kappa shape index (κ3) is 2.75. The van der Waals surface area contributed by atoms with Crippen LogP contribution in [0.5, 0.6) is 0 Å². The molecule has 6 rings (SSSR count). The number of para-hydroxylation sites is 1. The van der Waals surface area contributed by atoms with E-state index in [0.29, 0.717) is 6.04 Å². The SMILES string of the molecule is C=C1C2O[C@@H](OC)[C@H]3[C@H]1C[C@H](NCCc1c[nH]c4ccccc14)C[C@@]3(OC)O2. The van der Waals surface area contributed by atoms with Gasteiger partial charge in [-0.15, -0.1) is 0 Å². The topological polar surface area (TPSA) is 64.7 Å². The molecule has 0 spiro atoms. The number of methoxy groups -OCH3 is 2. The van der Waals surface area contributed by atoms with Crippen molar-refractivity contribution >= 4 is 10.9 Å². The van der Waals surface area contributed by atoms with Crippen LogP contribution in [0.3, 0.4) is 0 Å². The van der Waals surface area contributed by atoms with E-state index >= 15 is 0 Å². The molecule has 4 bridgehead atoms. The highest BCUT2D eigenvalue weighted by Gasteiger charge is 2.64. The van der Waals surface area contributed by atoms with Crippen molar-refractivity contribution in [2.75, 3.05) is 20.8 Å². The highest BCUT2D eigenvalue weighted by atomic mass is 16.8. The van der Waals surface area contributed by atoms with Crippen molar-refractivity contribution in [1.29, 1.82) is 0 Å². The van der Waals surface area contributed by atoms with Gasteiger partial charge in [0.15, 0.2) is 18.4 Å². The molecule has 2 aromatic rings. The van der Waals surface area contributed by atoms with Crippen molar-refractivity contribution in [2.45, 2.75) is 43.7 Å². The predicted molar refractivity (Wildman–Crippen MR) is 106 cm³/mol. The molecule has 1 unspecified atom stereocenters. The summed E-state index contributed by atoms with van der Waals surface area (Å²) in [7, 11) is 3.41. The summed E-state index contributed by atoms with van der Waals surface area (Å²) in [6.07, 6.45) is 4.14. The fourth-order valence-corrected chi connectivity index (χ4v) is 5.36. The number of rotatable bonds is 6. The molecule has 4 aliphatic rings. The summed E-state index contributed by atoms with van der Waals surface area (Å²) in [4.78, 5) is 3.35. The monoisotopic (exact) mass is 384 g/mol. The Bertz CT molecular complexity index is 880. The minimum absolute atomic E-state index is 0.0201. The lowest BCUT2D eigenvalue weighted by molar-refractivity contribution is -0.445. The number of ether oxygens (including phenoxy) is 4. The summed E-state index contributed by atoms with van der Waals surface area (Å²) in [5.41, 5.74) is 3.54. The lowest BCUT2D eigenvalue weighted by Gasteiger charge is -2.61. The molecule has 6 heteroatoms. The predicted octanol–water partition coefficient (Wildman–Crippen LogP) is 2.95. The van der Waals surface area contributed by atoms with Gasteiger partial charge in [-0.05, 0) is 42.5 Å². The summed E-state index contributed by atoms with van der Waals surface area (Å²) in [5, 5.41) is 5.03. The van der Waals surface area contributed by atoms with Gasteiger partial charge in [0.25, 0.3) is 0 Å². The molecule has 0 radical (unpaired) electrons. The molecule has 150 valence electrons. The van der Waals surface area contributed by atoms with E-state index in [9.17, 15) is 0 Å². The van der Waals surface area contributed by atoms with E-state index in [2.05, 4.69) is 47.3 Å². The lowest BCUT2D eigenvalue weighted by Crippen LogP contribution is -2.69. The Morgan fingerprint density at radius 2 is 2.18 bits per heavy atom. The van der Waals surface area contributed by atoms with E-state index in [1.54, 1.807) is 14.2 Å². The number of benzene rings is 1. The summed E-state index contributed by atoms with van der Waals surface area (Å²) in [6, 6.07) is 8.74. The molecule has 1 saturated carbocycles. The molecule has 2 N–H and O–H groups in total. The van der Waals surface area contributed by atoms with Gasteiger partial charge in [0.2, 0.25) is 0 Å².